The lowest BCUT2D eigenvalue weighted by molar-refractivity contribution is -0.116. The smallest absolute Gasteiger partial charge is 0.261 e. The van der Waals surface area contributed by atoms with Crippen molar-refractivity contribution in [1.29, 1.82) is 5.26 Å². The van der Waals surface area contributed by atoms with Gasteiger partial charge < -0.3 is 14.8 Å². The van der Waals surface area contributed by atoms with Gasteiger partial charge in [-0.3, -0.25) is 4.79 Å². The van der Waals surface area contributed by atoms with Crippen LogP contribution in [0.1, 0.15) is 11.1 Å². The fourth-order valence-electron chi connectivity index (χ4n) is 2.08. The van der Waals surface area contributed by atoms with Crippen molar-refractivity contribution in [3.63, 3.8) is 0 Å². The number of nitrogens with zero attached hydrogens (tertiary/aromatic N) is 1. The molecule has 5 nitrogen and oxygen atoms in total. The van der Waals surface area contributed by atoms with Crippen LogP contribution < -0.4 is 14.8 Å². The molecule has 0 heterocycles. The molecule has 1 N–H and O–H groups in total. The molecule has 0 aliphatic carbocycles. The number of hydrogen-bond acceptors (Lipinski definition) is 4. The Morgan fingerprint density at radius 3 is 2.58 bits per heavy atom. The number of nitriles is 1. The van der Waals surface area contributed by atoms with E-state index in [1.165, 1.54) is 13.1 Å². The molecule has 2 aromatic carbocycles. The van der Waals surface area contributed by atoms with Crippen LogP contribution >= 0.6 is 0 Å². The van der Waals surface area contributed by atoms with E-state index in [-0.39, 0.29) is 5.57 Å². The standard InChI is InChI=1S/C19H18N2O3/c1-21-19(22)16(12-20)10-15-8-9-17(18(11-15)23-2)24-13-14-6-4-3-5-7-14/h3-11H,13H2,1-2H3,(H,21,22)/b16-10-. The molecule has 122 valence electrons. The van der Waals surface area contributed by atoms with Crippen LogP contribution in [0.4, 0.5) is 0 Å². The van der Waals surface area contributed by atoms with Crippen molar-refractivity contribution in [2.24, 2.45) is 0 Å². The number of carbonyl (C=O) groups is 1. The van der Waals surface area contributed by atoms with Gasteiger partial charge in [0.15, 0.2) is 11.5 Å². The Balaban J connectivity index is 2.20. The summed E-state index contributed by atoms with van der Waals surface area (Å²) in [5.41, 5.74) is 1.76. The molecule has 2 aromatic rings. The second-order valence-electron chi connectivity index (χ2n) is 4.93. The van der Waals surface area contributed by atoms with Crippen molar-refractivity contribution in [2.45, 2.75) is 6.61 Å². The molecule has 0 aliphatic heterocycles. The average molecular weight is 322 g/mol. The van der Waals surface area contributed by atoms with E-state index in [0.29, 0.717) is 23.7 Å². The summed E-state index contributed by atoms with van der Waals surface area (Å²) >= 11 is 0. The Hall–Kier alpha value is -3.26. The van der Waals surface area contributed by atoms with Gasteiger partial charge in [-0.1, -0.05) is 36.4 Å². The molecule has 1 amide bonds. The third-order valence-corrected chi connectivity index (χ3v) is 3.33. The van der Waals surface area contributed by atoms with Gasteiger partial charge in [-0.25, -0.2) is 0 Å². The van der Waals surface area contributed by atoms with Crippen LogP contribution in [0.2, 0.25) is 0 Å². The topological polar surface area (TPSA) is 71.4 Å². The Labute approximate surface area is 141 Å². The van der Waals surface area contributed by atoms with Gasteiger partial charge in [0.2, 0.25) is 0 Å². The van der Waals surface area contributed by atoms with Crippen LogP contribution in [0.3, 0.4) is 0 Å². The number of methoxy groups -OCH3 is 1. The first-order valence-corrected chi connectivity index (χ1v) is 7.36. The van der Waals surface area contributed by atoms with E-state index in [2.05, 4.69) is 5.32 Å². The van der Waals surface area contributed by atoms with Crippen LogP contribution in [0.15, 0.2) is 54.1 Å². The molecule has 0 unspecified atom stereocenters. The third kappa shape index (κ3) is 4.37. The first-order valence-electron chi connectivity index (χ1n) is 7.36. The molecule has 0 spiro atoms. The SMILES string of the molecule is CNC(=O)/C(C#N)=C\c1ccc(OCc2ccccc2)c(OC)c1. The Morgan fingerprint density at radius 2 is 1.96 bits per heavy atom. The Bertz CT molecular complexity index is 777. The quantitative estimate of drug-likeness (QED) is 0.655. The zero-order chi connectivity index (χ0) is 17.4. The van der Waals surface area contributed by atoms with Gasteiger partial charge in [0, 0.05) is 7.05 Å². The fourth-order valence-corrected chi connectivity index (χ4v) is 2.08. The minimum absolute atomic E-state index is 0.0255. The minimum Gasteiger partial charge on any atom is -0.493 e. The van der Waals surface area contributed by atoms with E-state index >= 15 is 0 Å². The highest BCUT2D eigenvalue weighted by Crippen LogP contribution is 2.29. The molecule has 2 rings (SSSR count). The largest absolute Gasteiger partial charge is 0.493 e. The van der Waals surface area contributed by atoms with E-state index in [9.17, 15) is 4.79 Å². The van der Waals surface area contributed by atoms with Gasteiger partial charge >= 0.3 is 0 Å². The summed E-state index contributed by atoms with van der Waals surface area (Å²) in [6.45, 7) is 0.425. The van der Waals surface area contributed by atoms with Gasteiger partial charge in [-0.05, 0) is 29.3 Å². The highest BCUT2D eigenvalue weighted by molar-refractivity contribution is 6.01. The summed E-state index contributed by atoms with van der Waals surface area (Å²) in [7, 11) is 3.02. The molecule has 0 aromatic heterocycles. The maximum absolute atomic E-state index is 11.6. The van der Waals surface area contributed by atoms with Gasteiger partial charge in [0.1, 0.15) is 18.2 Å². The van der Waals surface area contributed by atoms with E-state index in [4.69, 9.17) is 14.7 Å². The number of amides is 1. The maximum atomic E-state index is 11.6. The fraction of sp³-hybridized carbons (Fsp3) is 0.158. The van der Waals surface area contributed by atoms with Crippen molar-refractivity contribution >= 4 is 12.0 Å². The zero-order valence-corrected chi connectivity index (χ0v) is 13.6. The number of rotatable bonds is 6. The molecule has 0 aliphatic rings. The number of hydrogen-bond donors (Lipinski definition) is 1. The van der Waals surface area contributed by atoms with Crippen molar-refractivity contribution in [1.82, 2.24) is 5.32 Å². The average Bonchev–Trinajstić information content (AvgIpc) is 2.64. The summed E-state index contributed by atoms with van der Waals surface area (Å²) in [4.78, 5) is 11.6. The lowest BCUT2D eigenvalue weighted by Gasteiger charge is -2.11. The zero-order valence-electron chi connectivity index (χ0n) is 13.6. The lowest BCUT2D eigenvalue weighted by atomic mass is 10.1. The number of likely N-dealkylation sites (N-methyl/N-ethyl adjacent to an activating group) is 1. The minimum atomic E-state index is -0.430. The second kappa shape index (κ2) is 8.39. The molecular weight excluding hydrogens is 304 g/mol. The van der Waals surface area contributed by atoms with Gasteiger partial charge in [-0.2, -0.15) is 5.26 Å². The highest BCUT2D eigenvalue weighted by atomic mass is 16.5. The van der Waals surface area contributed by atoms with Crippen LogP contribution in [-0.4, -0.2) is 20.1 Å². The summed E-state index contributed by atoms with van der Waals surface area (Å²) in [5.74, 6) is 0.701. The number of ether oxygens (including phenoxy) is 2. The maximum Gasteiger partial charge on any atom is 0.261 e. The van der Waals surface area contributed by atoms with E-state index in [1.54, 1.807) is 25.3 Å². The molecule has 0 fully saturated rings. The van der Waals surface area contributed by atoms with Crippen molar-refractivity contribution < 1.29 is 14.3 Å². The molecule has 0 saturated carbocycles. The normalized spacial score (nSPS) is 10.6. The molecule has 0 atom stereocenters. The number of benzene rings is 2. The predicted octanol–water partition coefficient (Wildman–Crippen LogP) is 2.93. The number of nitrogens with one attached hydrogen (secondary N) is 1. The lowest BCUT2D eigenvalue weighted by Crippen LogP contribution is -2.19. The molecular formula is C19H18N2O3. The molecule has 24 heavy (non-hydrogen) atoms. The summed E-state index contributed by atoms with van der Waals surface area (Å²) in [6, 6.07) is 16.9. The molecule has 0 radical (unpaired) electrons. The summed E-state index contributed by atoms with van der Waals surface area (Å²) in [5, 5.41) is 11.5. The third-order valence-electron chi connectivity index (χ3n) is 3.33. The van der Waals surface area contributed by atoms with Crippen molar-refractivity contribution in [3.8, 4) is 17.6 Å². The van der Waals surface area contributed by atoms with Crippen LogP contribution in [-0.2, 0) is 11.4 Å². The van der Waals surface area contributed by atoms with Crippen LogP contribution in [0.25, 0.3) is 6.08 Å². The van der Waals surface area contributed by atoms with Gasteiger partial charge in [-0.15, -0.1) is 0 Å². The van der Waals surface area contributed by atoms with Gasteiger partial charge in [0.05, 0.1) is 7.11 Å². The van der Waals surface area contributed by atoms with E-state index in [1.807, 2.05) is 36.4 Å². The highest BCUT2D eigenvalue weighted by Gasteiger charge is 2.09. The van der Waals surface area contributed by atoms with Crippen molar-refractivity contribution in [2.75, 3.05) is 14.2 Å². The summed E-state index contributed by atoms with van der Waals surface area (Å²) < 4.78 is 11.1. The van der Waals surface area contributed by atoms with E-state index < -0.39 is 5.91 Å². The first kappa shape index (κ1) is 17.1. The second-order valence-corrected chi connectivity index (χ2v) is 4.93. The van der Waals surface area contributed by atoms with Crippen molar-refractivity contribution in [3.05, 3.63) is 65.2 Å². The first-order chi connectivity index (χ1) is 11.7. The molecule has 0 bridgehead atoms. The molecule has 0 saturated heterocycles. The van der Waals surface area contributed by atoms with Gasteiger partial charge in [0.25, 0.3) is 5.91 Å². The number of carbonyl (C=O) groups excluding carboxylic acids is 1. The monoisotopic (exact) mass is 322 g/mol. The van der Waals surface area contributed by atoms with Crippen LogP contribution in [0.5, 0.6) is 11.5 Å². The molecule has 5 heteroatoms. The predicted molar refractivity (Wildman–Crippen MR) is 91.4 cm³/mol. The Kier molecular flexibility index (Phi) is 5.98. The van der Waals surface area contributed by atoms with E-state index in [0.717, 1.165) is 5.56 Å². The van der Waals surface area contributed by atoms with Crippen LogP contribution in [0, 0.1) is 11.3 Å². The Morgan fingerprint density at radius 1 is 1.21 bits per heavy atom. The summed E-state index contributed by atoms with van der Waals surface area (Å²) in [6.07, 6.45) is 1.50.